The zero-order chi connectivity index (χ0) is 15.9. The van der Waals surface area contributed by atoms with Gasteiger partial charge in [0.1, 0.15) is 11.6 Å². The molecular weight excluding hydrogens is 266 g/mol. The second-order valence-electron chi connectivity index (χ2n) is 5.95. The Labute approximate surface area is 126 Å². The number of carbonyl (C=O) groups is 1. The maximum absolute atomic E-state index is 12.2. The lowest BCUT2D eigenvalue weighted by molar-refractivity contribution is -0.161. The molecule has 0 bridgehead atoms. The van der Waals surface area contributed by atoms with E-state index in [1.807, 2.05) is 44.7 Å². The van der Waals surface area contributed by atoms with Crippen molar-refractivity contribution in [1.82, 2.24) is 9.88 Å². The Hall–Kier alpha value is -1.93. The van der Waals surface area contributed by atoms with E-state index in [9.17, 15) is 4.79 Å². The number of rotatable bonds is 6. The summed E-state index contributed by atoms with van der Waals surface area (Å²) in [5.41, 5.74) is 0.492. The van der Waals surface area contributed by atoms with Crippen LogP contribution in [-0.2, 0) is 16.1 Å². The number of carbonyl (C=O) groups excluding carboxylic acids is 1. The van der Waals surface area contributed by atoms with Gasteiger partial charge in [0.15, 0.2) is 0 Å². The highest BCUT2D eigenvalue weighted by Gasteiger charge is 2.26. The Kier molecular flexibility index (Phi) is 6.32. The Morgan fingerprint density at radius 1 is 1.52 bits per heavy atom. The molecule has 21 heavy (non-hydrogen) atoms. The fraction of sp³-hybridized carbons (Fsp3) is 0.562. The first-order valence-corrected chi connectivity index (χ1v) is 7.06. The van der Waals surface area contributed by atoms with E-state index in [4.69, 9.17) is 10.00 Å². The van der Waals surface area contributed by atoms with Crippen LogP contribution in [0.4, 0.5) is 0 Å². The van der Waals surface area contributed by atoms with E-state index in [1.54, 1.807) is 12.4 Å². The van der Waals surface area contributed by atoms with Gasteiger partial charge in [0.05, 0.1) is 6.07 Å². The van der Waals surface area contributed by atoms with Gasteiger partial charge in [0.2, 0.25) is 0 Å². The quantitative estimate of drug-likeness (QED) is 0.753. The van der Waals surface area contributed by atoms with Crippen molar-refractivity contribution >= 4 is 5.97 Å². The maximum Gasteiger partial charge on any atom is 0.323 e. The minimum Gasteiger partial charge on any atom is -0.459 e. The molecular formula is C16H23N3O2. The Morgan fingerprint density at radius 3 is 2.76 bits per heavy atom. The lowest BCUT2D eigenvalue weighted by atomic mass is 10.1. The molecule has 114 valence electrons. The van der Waals surface area contributed by atoms with Crippen LogP contribution in [-0.4, -0.2) is 34.0 Å². The molecule has 1 aromatic heterocycles. The van der Waals surface area contributed by atoms with Crippen LogP contribution in [0.3, 0.4) is 0 Å². The van der Waals surface area contributed by atoms with Crippen molar-refractivity contribution in [3.63, 3.8) is 0 Å². The molecule has 1 heterocycles. The van der Waals surface area contributed by atoms with Gasteiger partial charge < -0.3 is 4.74 Å². The number of aromatic nitrogens is 1. The van der Waals surface area contributed by atoms with Gasteiger partial charge in [-0.15, -0.1) is 0 Å². The van der Waals surface area contributed by atoms with Crippen molar-refractivity contribution < 1.29 is 9.53 Å². The second-order valence-corrected chi connectivity index (χ2v) is 5.95. The summed E-state index contributed by atoms with van der Waals surface area (Å²) >= 11 is 0. The van der Waals surface area contributed by atoms with Crippen LogP contribution >= 0.6 is 0 Å². The Balaban J connectivity index is 2.76. The topological polar surface area (TPSA) is 66.2 Å². The summed E-state index contributed by atoms with van der Waals surface area (Å²) in [6.07, 6.45) is 3.84. The Bertz CT molecular complexity index is 488. The minimum atomic E-state index is -0.513. The van der Waals surface area contributed by atoms with Crippen molar-refractivity contribution in [2.75, 3.05) is 6.54 Å². The van der Waals surface area contributed by atoms with Crippen LogP contribution in [0.2, 0.25) is 0 Å². The molecule has 0 N–H and O–H groups in total. The first-order valence-electron chi connectivity index (χ1n) is 7.06. The number of pyridine rings is 1. The predicted molar refractivity (Wildman–Crippen MR) is 80.2 cm³/mol. The minimum absolute atomic E-state index is 0.274. The van der Waals surface area contributed by atoms with Crippen LogP contribution in [0.15, 0.2) is 24.5 Å². The smallest absolute Gasteiger partial charge is 0.323 e. The molecule has 1 atom stereocenters. The average molecular weight is 289 g/mol. The van der Waals surface area contributed by atoms with E-state index in [1.165, 1.54) is 0 Å². The largest absolute Gasteiger partial charge is 0.459 e. The van der Waals surface area contributed by atoms with Gasteiger partial charge in [-0.05, 0) is 39.3 Å². The van der Waals surface area contributed by atoms with Gasteiger partial charge in [0, 0.05) is 31.9 Å². The van der Waals surface area contributed by atoms with E-state index in [0.717, 1.165) is 5.56 Å². The number of hydrogen-bond acceptors (Lipinski definition) is 5. The van der Waals surface area contributed by atoms with Gasteiger partial charge >= 0.3 is 5.97 Å². The number of esters is 1. The zero-order valence-corrected chi connectivity index (χ0v) is 13.2. The molecule has 1 unspecified atom stereocenters. The van der Waals surface area contributed by atoms with Crippen LogP contribution in [0.5, 0.6) is 0 Å². The maximum atomic E-state index is 12.2. The third kappa shape index (κ3) is 6.37. The molecule has 0 saturated heterocycles. The van der Waals surface area contributed by atoms with Crippen molar-refractivity contribution in [3.05, 3.63) is 30.1 Å². The van der Waals surface area contributed by atoms with E-state index in [2.05, 4.69) is 11.1 Å². The number of nitriles is 1. The summed E-state index contributed by atoms with van der Waals surface area (Å²) in [6, 6.07) is 5.52. The molecule has 1 rings (SSSR count). The summed E-state index contributed by atoms with van der Waals surface area (Å²) in [6.45, 7) is 8.43. The van der Waals surface area contributed by atoms with Crippen molar-refractivity contribution in [2.24, 2.45) is 0 Å². The first kappa shape index (κ1) is 17.1. The van der Waals surface area contributed by atoms with Crippen LogP contribution < -0.4 is 0 Å². The average Bonchev–Trinajstić information content (AvgIpc) is 2.42. The summed E-state index contributed by atoms with van der Waals surface area (Å²) < 4.78 is 5.42. The molecule has 1 aromatic rings. The number of ether oxygens (including phenoxy) is 1. The van der Waals surface area contributed by atoms with E-state index in [0.29, 0.717) is 19.5 Å². The number of nitrogens with zero attached hydrogens (tertiary/aromatic N) is 3. The molecule has 0 aromatic carbocycles. The highest BCUT2D eigenvalue weighted by Crippen LogP contribution is 2.14. The second kappa shape index (κ2) is 7.75. The van der Waals surface area contributed by atoms with Crippen molar-refractivity contribution in [1.29, 1.82) is 5.26 Å². The highest BCUT2D eigenvalue weighted by molar-refractivity contribution is 5.75. The third-order valence-electron chi connectivity index (χ3n) is 2.91. The van der Waals surface area contributed by atoms with Gasteiger partial charge in [-0.1, -0.05) is 6.07 Å². The summed E-state index contributed by atoms with van der Waals surface area (Å²) in [5.74, 6) is -0.274. The van der Waals surface area contributed by atoms with Crippen LogP contribution in [0.1, 0.15) is 39.7 Å². The predicted octanol–water partition coefficient (Wildman–Crippen LogP) is 2.53. The standard InChI is InChI=1S/C16H23N3O2/c1-13(15(20)21-16(2,3)4)19(10-6-8-17)12-14-7-5-9-18-11-14/h5,7,9,11,13H,6,10,12H2,1-4H3. The monoisotopic (exact) mass is 289 g/mol. The van der Waals surface area contributed by atoms with Gasteiger partial charge in [-0.2, -0.15) is 5.26 Å². The number of hydrogen-bond donors (Lipinski definition) is 0. The zero-order valence-electron chi connectivity index (χ0n) is 13.2. The van der Waals surface area contributed by atoms with Crippen molar-refractivity contribution in [2.45, 2.75) is 52.3 Å². The normalized spacial score (nSPS) is 12.8. The van der Waals surface area contributed by atoms with Gasteiger partial charge in [-0.3, -0.25) is 14.7 Å². The summed E-state index contributed by atoms with van der Waals surface area (Å²) in [4.78, 5) is 18.2. The fourth-order valence-electron chi connectivity index (χ4n) is 1.87. The SMILES string of the molecule is CC(C(=O)OC(C)(C)C)N(CCC#N)Cc1cccnc1. The highest BCUT2D eigenvalue weighted by atomic mass is 16.6. The van der Waals surface area contributed by atoms with Crippen molar-refractivity contribution in [3.8, 4) is 6.07 Å². The molecule has 0 radical (unpaired) electrons. The lowest BCUT2D eigenvalue weighted by Crippen LogP contribution is -2.42. The van der Waals surface area contributed by atoms with E-state index < -0.39 is 11.6 Å². The molecule has 0 amide bonds. The van der Waals surface area contributed by atoms with Gasteiger partial charge in [0.25, 0.3) is 0 Å². The van der Waals surface area contributed by atoms with Gasteiger partial charge in [-0.25, -0.2) is 0 Å². The lowest BCUT2D eigenvalue weighted by Gasteiger charge is -2.29. The molecule has 0 fully saturated rings. The summed E-state index contributed by atoms with van der Waals surface area (Å²) in [5, 5.41) is 8.78. The molecule has 0 aliphatic heterocycles. The fourth-order valence-corrected chi connectivity index (χ4v) is 1.87. The third-order valence-corrected chi connectivity index (χ3v) is 2.91. The van der Waals surface area contributed by atoms with E-state index >= 15 is 0 Å². The molecule has 0 saturated carbocycles. The van der Waals surface area contributed by atoms with Crippen LogP contribution in [0.25, 0.3) is 0 Å². The summed E-state index contributed by atoms with van der Waals surface area (Å²) in [7, 11) is 0. The Morgan fingerprint density at radius 2 is 2.24 bits per heavy atom. The molecule has 0 aliphatic carbocycles. The molecule has 5 nitrogen and oxygen atoms in total. The molecule has 5 heteroatoms. The van der Waals surface area contributed by atoms with E-state index in [-0.39, 0.29) is 5.97 Å². The molecule has 0 aliphatic rings. The first-order chi connectivity index (χ1) is 9.83. The van der Waals surface area contributed by atoms with Crippen LogP contribution in [0, 0.1) is 11.3 Å². The molecule has 0 spiro atoms.